The summed E-state index contributed by atoms with van der Waals surface area (Å²) in [6, 6.07) is 1.82. The zero-order valence-corrected chi connectivity index (χ0v) is 8.36. The van der Waals surface area contributed by atoms with E-state index in [9.17, 15) is 9.90 Å². The molecule has 0 unspecified atom stereocenters. The summed E-state index contributed by atoms with van der Waals surface area (Å²) in [5.41, 5.74) is 0.659. The predicted octanol–water partition coefficient (Wildman–Crippen LogP) is 1.98. The molecule has 1 aliphatic carbocycles. The molecular weight excluding hydrogens is 178 g/mol. The van der Waals surface area contributed by atoms with Gasteiger partial charge in [-0.1, -0.05) is 12.8 Å². The van der Waals surface area contributed by atoms with Gasteiger partial charge < -0.3 is 9.67 Å². The van der Waals surface area contributed by atoms with Crippen LogP contribution in [0, 0.1) is 6.92 Å². The average molecular weight is 193 g/mol. The number of pyridine rings is 1. The van der Waals surface area contributed by atoms with Crippen LogP contribution in [0.3, 0.4) is 0 Å². The minimum absolute atomic E-state index is 0.0368. The molecule has 3 heteroatoms. The van der Waals surface area contributed by atoms with E-state index in [4.69, 9.17) is 0 Å². The molecule has 3 nitrogen and oxygen atoms in total. The van der Waals surface area contributed by atoms with Gasteiger partial charge >= 0.3 is 0 Å². The molecule has 1 heterocycles. The molecule has 1 fully saturated rings. The van der Waals surface area contributed by atoms with Crippen LogP contribution in [0.25, 0.3) is 0 Å². The molecule has 0 aliphatic heterocycles. The Hall–Kier alpha value is -1.25. The lowest BCUT2D eigenvalue weighted by atomic mass is 10.2. The highest BCUT2D eigenvalue weighted by molar-refractivity contribution is 5.22. The van der Waals surface area contributed by atoms with Crippen LogP contribution in [0.4, 0.5) is 0 Å². The minimum atomic E-state index is 0.0368. The van der Waals surface area contributed by atoms with Crippen LogP contribution in [0.5, 0.6) is 5.75 Å². The second kappa shape index (κ2) is 3.48. The van der Waals surface area contributed by atoms with Crippen molar-refractivity contribution >= 4 is 0 Å². The van der Waals surface area contributed by atoms with Crippen molar-refractivity contribution in [3.63, 3.8) is 0 Å². The lowest BCUT2D eigenvalue weighted by Gasteiger charge is -2.14. The maximum atomic E-state index is 11.8. The van der Waals surface area contributed by atoms with E-state index in [0.29, 0.717) is 11.6 Å². The molecule has 0 spiro atoms. The quantitative estimate of drug-likeness (QED) is 0.741. The highest BCUT2D eigenvalue weighted by Crippen LogP contribution is 2.28. The second-order valence-corrected chi connectivity index (χ2v) is 4.03. The number of hydrogen-bond acceptors (Lipinski definition) is 2. The molecule has 14 heavy (non-hydrogen) atoms. The highest BCUT2D eigenvalue weighted by Gasteiger charge is 2.18. The molecular formula is C11H15NO2. The average Bonchev–Trinajstić information content (AvgIpc) is 2.63. The molecule has 0 amide bonds. The molecule has 2 rings (SSSR count). The minimum Gasteiger partial charge on any atom is -0.506 e. The smallest absolute Gasteiger partial charge is 0.253 e. The van der Waals surface area contributed by atoms with Gasteiger partial charge in [-0.3, -0.25) is 4.79 Å². The van der Waals surface area contributed by atoms with E-state index in [1.54, 1.807) is 17.7 Å². The third kappa shape index (κ3) is 1.54. The molecule has 0 radical (unpaired) electrons. The molecule has 1 N–H and O–H groups in total. The third-order valence-electron chi connectivity index (χ3n) is 2.93. The molecule has 1 aromatic heterocycles. The Balaban J connectivity index is 2.46. The fourth-order valence-corrected chi connectivity index (χ4v) is 2.18. The van der Waals surface area contributed by atoms with Crippen molar-refractivity contribution in [3.8, 4) is 5.75 Å². The van der Waals surface area contributed by atoms with Crippen molar-refractivity contribution in [3.05, 3.63) is 28.2 Å². The maximum Gasteiger partial charge on any atom is 0.253 e. The van der Waals surface area contributed by atoms with Gasteiger partial charge in [0.1, 0.15) is 5.75 Å². The Morgan fingerprint density at radius 2 is 2.07 bits per heavy atom. The van der Waals surface area contributed by atoms with Gasteiger partial charge in [-0.15, -0.1) is 0 Å². The first-order chi connectivity index (χ1) is 6.68. The van der Waals surface area contributed by atoms with Gasteiger partial charge in [0.05, 0.1) is 0 Å². The lowest BCUT2D eigenvalue weighted by molar-refractivity contribution is 0.443. The van der Waals surface area contributed by atoms with E-state index < -0.39 is 0 Å². The fraction of sp³-hybridized carbons (Fsp3) is 0.545. The molecule has 1 aliphatic rings. The molecule has 1 saturated carbocycles. The van der Waals surface area contributed by atoms with E-state index >= 15 is 0 Å². The summed E-state index contributed by atoms with van der Waals surface area (Å²) in [6.07, 6.45) is 6.05. The van der Waals surface area contributed by atoms with Crippen molar-refractivity contribution in [2.24, 2.45) is 0 Å². The van der Waals surface area contributed by atoms with E-state index in [-0.39, 0.29) is 11.3 Å². The van der Waals surface area contributed by atoms with Crippen LogP contribution < -0.4 is 5.56 Å². The Morgan fingerprint density at radius 1 is 1.43 bits per heavy atom. The first kappa shape index (κ1) is 9.31. The number of aromatic hydroxyl groups is 1. The van der Waals surface area contributed by atoms with E-state index in [0.717, 1.165) is 12.8 Å². The van der Waals surface area contributed by atoms with Crippen LogP contribution in [-0.4, -0.2) is 9.67 Å². The van der Waals surface area contributed by atoms with Crippen LogP contribution in [-0.2, 0) is 0 Å². The van der Waals surface area contributed by atoms with Gasteiger partial charge in [-0.25, -0.2) is 0 Å². The molecule has 0 atom stereocenters. The molecule has 0 bridgehead atoms. The summed E-state index contributed by atoms with van der Waals surface area (Å²) in [5, 5.41) is 9.42. The lowest BCUT2D eigenvalue weighted by Crippen LogP contribution is -2.24. The summed E-state index contributed by atoms with van der Waals surface area (Å²) >= 11 is 0. The molecule has 0 aromatic carbocycles. The fourth-order valence-electron chi connectivity index (χ4n) is 2.18. The van der Waals surface area contributed by atoms with Gasteiger partial charge in [-0.05, 0) is 25.8 Å². The normalized spacial score (nSPS) is 17.5. The number of nitrogens with zero attached hydrogens (tertiary/aromatic N) is 1. The van der Waals surface area contributed by atoms with E-state index in [1.165, 1.54) is 18.9 Å². The molecule has 1 aromatic rings. The van der Waals surface area contributed by atoms with Gasteiger partial charge in [0.2, 0.25) is 0 Å². The predicted molar refractivity (Wildman–Crippen MR) is 54.6 cm³/mol. The zero-order valence-electron chi connectivity index (χ0n) is 8.36. The summed E-state index contributed by atoms with van der Waals surface area (Å²) in [4.78, 5) is 11.8. The van der Waals surface area contributed by atoms with Gasteiger partial charge in [0, 0.05) is 17.8 Å². The van der Waals surface area contributed by atoms with Crippen molar-refractivity contribution in [1.82, 2.24) is 4.57 Å². The largest absolute Gasteiger partial charge is 0.506 e. The summed E-state index contributed by atoms with van der Waals surface area (Å²) in [6.45, 7) is 1.74. The first-order valence-corrected chi connectivity index (χ1v) is 5.10. The topological polar surface area (TPSA) is 42.2 Å². The number of aryl methyl sites for hydroxylation is 1. The van der Waals surface area contributed by atoms with Gasteiger partial charge in [0.15, 0.2) is 0 Å². The zero-order chi connectivity index (χ0) is 10.1. The van der Waals surface area contributed by atoms with Crippen molar-refractivity contribution in [1.29, 1.82) is 0 Å². The van der Waals surface area contributed by atoms with Crippen LogP contribution in [0.15, 0.2) is 17.1 Å². The van der Waals surface area contributed by atoms with E-state index in [1.807, 2.05) is 0 Å². The summed E-state index contributed by atoms with van der Waals surface area (Å²) < 4.78 is 1.69. The van der Waals surface area contributed by atoms with Gasteiger partial charge in [0.25, 0.3) is 5.56 Å². The van der Waals surface area contributed by atoms with Crippen molar-refractivity contribution in [2.45, 2.75) is 38.6 Å². The molecule has 76 valence electrons. The Bertz CT molecular complexity index is 389. The van der Waals surface area contributed by atoms with Gasteiger partial charge in [-0.2, -0.15) is 0 Å². The second-order valence-electron chi connectivity index (χ2n) is 4.03. The summed E-state index contributed by atoms with van der Waals surface area (Å²) in [7, 11) is 0. The number of hydrogen-bond donors (Lipinski definition) is 1. The van der Waals surface area contributed by atoms with Crippen molar-refractivity contribution < 1.29 is 5.11 Å². The van der Waals surface area contributed by atoms with E-state index in [2.05, 4.69) is 0 Å². The van der Waals surface area contributed by atoms with Crippen molar-refractivity contribution in [2.75, 3.05) is 0 Å². The SMILES string of the molecule is Cc1cc(O)cn(C2CCCC2)c1=O. The Labute approximate surface area is 83.0 Å². The Kier molecular flexibility index (Phi) is 2.32. The number of aromatic nitrogens is 1. The Morgan fingerprint density at radius 3 is 2.71 bits per heavy atom. The highest BCUT2D eigenvalue weighted by atomic mass is 16.3. The molecule has 0 saturated heterocycles. The first-order valence-electron chi connectivity index (χ1n) is 5.10. The van der Waals surface area contributed by atoms with Crippen LogP contribution in [0.1, 0.15) is 37.3 Å². The maximum absolute atomic E-state index is 11.8. The number of rotatable bonds is 1. The standard InChI is InChI=1S/C11H15NO2/c1-8-6-10(13)7-12(11(8)14)9-4-2-3-5-9/h6-7,9,13H,2-5H2,1H3. The summed E-state index contributed by atoms with van der Waals surface area (Å²) in [5.74, 6) is 0.189. The monoisotopic (exact) mass is 193 g/mol. The van der Waals surface area contributed by atoms with Crippen LogP contribution >= 0.6 is 0 Å². The third-order valence-corrected chi connectivity index (χ3v) is 2.93. The van der Waals surface area contributed by atoms with Crippen LogP contribution in [0.2, 0.25) is 0 Å².